The van der Waals surface area contributed by atoms with Crippen molar-refractivity contribution in [3.8, 4) is 0 Å². The first kappa shape index (κ1) is 11.5. The smallest absolute Gasteiger partial charge is 0.115 e. The highest BCUT2D eigenvalue weighted by Gasteiger charge is 2.27. The Morgan fingerprint density at radius 3 is 3.19 bits per heavy atom. The molecule has 1 aliphatic heterocycles. The number of aliphatic hydroxyl groups is 1. The molecule has 1 aromatic rings. The van der Waals surface area contributed by atoms with E-state index in [1.165, 1.54) is 19.2 Å². The first-order chi connectivity index (χ1) is 7.81. The molecule has 1 aliphatic rings. The van der Waals surface area contributed by atoms with Gasteiger partial charge in [-0.15, -0.1) is 0 Å². The number of aliphatic hydroxyl groups excluding tert-OH is 1. The fourth-order valence-corrected chi connectivity index (χ4v) is 2.33. The summed E-state index contributed by atoms with van der Waals surface area (Å²) in [5.74, 6) is 0.725. The fourth-order valence-electron chi connectivity index (χ4n) is 2.33. The second-order valence-corrected chi connectivity index (χ2v) is 4.44. The van der Waals surface area contributed by atoms with Crippen LogP contribution in [0.25, 0.3) is 0 Å². The predicted molar refractivity (Wildman–Crippen MR) is 61.8 cm³/mol. The van der Waals surface area contributed by atoms with Crippen LogP contribution < -0.4 is 5.32 Å². The Balaban J connectivity index is 2.01. The fraction of sp³-hybridized carbons (Fsp3) is 0.667. The van der Waals surface area contributed by atoms with E-state index in [4.69, 9.17) is 0 Å². The van der Waals surface area contributed by atoms with E-state index in [0.717, 1.165) is 18.9 Å². The van der Waals surface area contributed by atoms with Gasteiger partial charge in [-0.25, -0.2) is 9.97 Å². The average Bonchev–Trinajstić information content (AvgIpc) is 2.39. The molecule has 0 bridgehead atoms. The number of hydrogen-bond acceptors (Lipinski definition) is 4. The van der Waals surface area contributed by atoms with E-state index in [1.54, 1.807) is 12.3 Å². The van der Waals surface area contributed by atoms with Gasteiger partial charge in [0, 0.05) is 12.2 Å². The molecule has 0 amide bonds. The molecule has 0 aliphatic carbocycles. The molecular formula is C12H19N3O. The van der Waals surface area contributed by atoms with Crippen LogP contribution in [0.15, 0.2) is 18.6 Å². The zero-order chi connectivity index (χ0) is 11.4. The third-order valence-corrected chi connectivity index (χ3v) is 3.41. The van der Waals surface area contributed by atoms with Crippen LogP contribution in [0.5, 0.6) is 0 Å². The number of hydrogen-bond donors (Lipinski definition) is 2. The highest BCUT2D eigenvalue weighted by Crippen LogP contribution is 2.26. The number of aromatic nitrogens is 2. The molecule has 2 rings (SSSR count). The third kappa shape index (κ3) is 2.57. The molecule has 0 saturated carbocycles. The van der Waals surface area contributed by atoms with Crippen molar-refractivity contribution in [2.24, 2.45) is 5.92 Å². The maximum absolute atomic E-state index is 10.2. The van der Waals surface area contributed by atoms with Crippen molar-refractivity contribution in [3.05, 3.63) is 24.3 Å². The summed E-state index contributed by atoms with van der Waals surface area (Å²) in [6.45, 7) is 3.20. The van der Waals surface area contributed by atoms with E-state index in [9.17, 15) is 5.11 Å². The SMILES string of the molecule is CCC1CCNC(C(O)c2ccncn2)C1. The molecule has 2 heterocycles. The van der Waals surface area contributed by atoms with Crippen molar-refractivity contribution >= 4 is 0 Å². The van der Waals surface area contributed by atoms with E-state index >= 15 is 0 Å². The molecule has 4 nitrogen and oxygen atoms in total. The molecule has 0 spiro atoms. The van der Waals surface area contributed by atoms with Gasteiger partial charge < -0.3 is 10.4 Å². The molecule has 1 saturated heterocycles. The topological polar surface area (TPSA) is 58.0 Å². The highest BCUT2D eigenvalue weighted by molar-refractivity contribution is 5.06. The van der Waals surface area contributed by atoms with Gasteiger partial charge in [0.2, 0.25) is 0 Å². The largest absolute Gasteiger partial charge is 0.385 e. The number of nitrogens with one attached hydrogen (secondary N) is 1. The molecule has 0 aromatic carbocycles. The van der Waals surface area contributed by atoms with E-state index < -0.39 is 6.10 Å². The Labute approximate surface area is 96.1 Å². The van der Waals surface area contributed by atoms with Crippen molar-refractivity contribution in [1.82, 2.24) is 15.3 Å². The van der Waals surface area contributed by atoms with Gasteiger partial charge in [-0.05, 0) is 31.4 Å². The van der Waals surface area contributed by atoms with Crippen molar-refractivity contribution in [1.29, 1.82) is 0 Å². The number of piperidine rings is 1. The summed E-state index contributed by atoms with van der Waals surface area (Å²) in [5.41, 5.74) is 0.712. The lowest BCUT2D eigenvalue weighted by Crippen LogP contribution is -2.42. The molecule has 1 fully saturated rings. The Bertz CT molecular complexity index is 317. The van der Waals surface area contributed by atoms with Gasteiger partial charge in [0.05, 0.1) is 5.69 Å². The lowest BCUT2D eigenvalue weighted by Gasteiger charge is -2.32. The second kappa shape index (κ2) is 5.37. The normalized spacial score (nSPS) is 27.6. The van der Waals surface area contributed by atoms with Gasteiger partial charge in [-0.1, -0.05) is 13.3 Å². The second-order valence-electron chi connectivity index (χ2n) is 4.44. The molecule has 3 unspecified atom stereocenters. The minimum absolute atomic E-state index is 0.133. The van der Waals surface area contributed by atoms with Crippen LogP contribution in [0.2, 0.25) is 0 Å². The summed E-state index contributed by atoms with van der Waals surface area (Å²) < 4.78 is 0. The molecule has 1 aromatic heterocycles. The van der Waals surface area contributed by atoms with E-state index in [0.29, 0.717) is 5.69 Å². The summed E-state index contributed by atoms with van der Waals surface area (Å²) in [7, 11) is 0. The van der Waals surface area contributed by atoms with Crippen molar-refractivity contribution in [3.63, 3.8) is 0 Å². The van der Waals surface area contributed by atoms with Gasteiger partial charge in [0.25, 0.3) is 0 Å². The van der Waals surface area contributed by atoms with Crippen molar-refractivity contribution in [2.75, 3.05) is 6.54 Å². The minimum Gasteiger partial charge on any atom is -0.385 e. The predicted octanol–water partition coefficient (Wildman–Crippen LogP) is 1.29. The van der Waals surface area contributed by atoms with Crippen LogP contribution in [-0.2, 0) is 0 Å². The first-order valence-electron chi connectivity index (χ1n) is 5.98. The van der Waals surface area contributed by atoms with Crippen LogP contribution in [0.4, 0.5) is 0 Å². The lowest BCUT2D eigenvalue weighted by atomic mass is 9.87. The monoisotopic (exact) mass is 221 g/mol. The zero-order valence-corrected chi connectivity index (χ0v) is 9.63. The van der Waals surface area contributed by atoms with Gasteiger partial charge in [0.15, 0.2) is 0 Å². The van der Waals surface area contributed by atoms with Gasteiger partial charge in [0.1, 0.15) is 12.4 Å². The minimum atomic E-state index is -0.516. The van der Waals surface area contributed by atoms with Crippen LogP contribution in [-0.4, -0.2) is 27.7 Å². The highest BCUT2D eigenvalue weighted by atomic mass is 16.3. The van der Waals surface area contributed by atoms with E-state index in [1.807, 2.05) is 0 Å². The molecule has 16 heavy (non-hydrogen) atoms. The summed E-state index contributed by atoms with van der Waals surface area (Å²) in [5, 5.41) is 13.6. The number of rotatable bonds is 3. The quantitative estimate of drug-likeness (QED) is 0.807. The molecule has 88 valence electrons. The van der Waals surface area contributed by atoms with Gasteiger partial charge in [-0.2, -0.15) is 0 Å². The molecular weight excluding hydrogens is 202 g/mol. The van der Waals surface area contributed by atoms with E-state index in [2.05, 4.69) is 22.2 Å². The van der Waals surface area contributed by atoms with Crippen LogP contribution >= 0.6 is 0 Å². The Kier molecular flexibility index (Phi) is 3.85. The van der Waals surface area contributed by atoms with Crippen LogP contribution in [0, 0.1) is 5.92 Å². The average molecular weight is 221 g/mol. The van der Waals surface area contributed by atoms with Crippen LogP contribution in [0.1, 0.15) is 38.0 Å². The van der Waals surface area contributed by atoms with E-state index in [-0.39, 0.29) is 6.04 Å². The summed E-state index contributed by atoms with van der Waals surface area (Å²) in [6.07, 6.45) is 6.07. The summed E-state index contributed by atoms with van der Waals surface area (Å²) in [4.78, 5) is 7.97. The Morgan fingerprint density at radius 1 is 1.62 bits per heavy atom. The van der Waals surface area contributed by atoms with Crippen molar-refractivity contribution < 1.29 is 5.11 Å². The third-order valence-electron chi connectivity index (χ3n) is 3.41. The lowest BCUT2D eigenvalue weighted by molar-refractivity contribution is 0.0943. The maximum atomic E-state index is 10.2. The maximum Gasteiger partial charge on any atom is 0.115 e. The first-order valence-corrected chi connectivity index (χ1v) is 5.98. The Morgan fingerprint density at radius 2 is 2.50 bits per heavy atom. The standard InChI is InChI=1S/C12H19N3O/c1-2-9-3-6-14-11(7-9)12(16)10-4-5-13-8-15-10/h4-5,8-9,11-12,14,16H,2-3,6-7H2,1H3. The molecule has 4 heteroatoms. The van der Waals surface area contributed by atoms with Gasteiger partial charge in [-0.3, -0.25) is 0 Å². The Hall–Kier alpha value is -1.00. The van der Waals surface area contributed by atoms with Crippen molar-refractivity contribution in [2.45, 2.75) is 38.3 Å². The summed E-state index contributed by atoms with van der Waals surface area (Å²) >= 11 is 0. The molecule has 0 radical (unpaired) electrons. The molecule has 2 N–H and O–H groups in total. The summed E-state index contributed by atoms with van der Waals surface area (Å²) in [6, 6.07) is 1.91. The molecule has 3 atom stereocenters. The number of nitrogens with zero attached hydrogens (tertiary/aromatic N) is 2. The van der Waals surface area contributed by atoms with Gasteiger partial charge >= 0.3 is 0 Å². The van der Waals surface area contributed by atoms with Crippen LogP contribution in [0.3, 0.4) is 0 Å². The zero-order valence-electron chi connectivity index (χ0n) is 9.63.